The van der Waals surface area contributed by atoms with Crippen LogP contribution in [0.15, 0.2) is 222 Å². The molecule has 0 aliphatic carbocycles. The molecule has 1 unspecified atom stereocenters. The first-order valence-electron chi connectivity index (χ1n) is 19.7. The van der Waals surface area contributed by atoms with Crippen molar-refractivity contribution in [1.82, 2.24) is 5.32 Å². The molecule has 274 valence electrons. The van der Waals surface area contributed by atoms with E-state index in [0.717, 1.165) is 89.0 Å². The van der Waals surface area contributed by atoms with E-state index in [-0.39, 0.29) is 6.17 Å². The first-order valence-corrected chi connectivity index (χ1v) is 19.7. The van der Waals surface area contributed by atoms with Crippen molar-refractivity contribution in [2.45, 2.75) is 6.17 Å². The molecule has 0 saturated heterocycles. The van der Waals surface area contributed by atoms with Gasteiger partial charge in [-0.25, -0.2) is 0 Å². The van der Waals surface area contributed by atoms with Gasteiger partial charge in [-0.15, -0.1) is 0 Å². The first kappa shape index (κ1) is 33.6. The van der Waals surface area contributed by atoms with Crippen molar-refractivity contribution in [2.75, 3.05) is 4.90 Å². The Hall–Kier alpha value is -7.69. The Bertz CT molecular complexity index is 3200. The third kappa shape index (κ3) is 5.91. The zero-order valence-electron chi connectivity index (χ0n) is 31.6. The molecule has 0 spiro atoms. The largest absolute Gasteiger partial charge is 0.456 e. The number of aliphatic imine (C=N–C) groups is 1. The average molecular weight is 744 g/mol. The first-order chi connectivity index (χ1) is 28.7. The summed E-state index contributed by atoms with van der Waals surface area (Å²) in [6.45, 7) is 0. The SMILES string of the molecule is C1=C(c2ccccc2)NC(c2ccccc2)N=C1c1cccc2oc3cc(-c4cccc(N(c5ccccc5)c5ccc6ccccc6c5)c4)c4ccccc4c3c12. The summed E-state index contributed by atoms with van der Waals surface area (Å²) < 4.78 is 6.83. The van der Waals surface area contributed by atoms with Crippen molar-refractivity contribution in [3.05, 3.63) is 229 Å². The van der Waals surface area contributed by atoms with Crippen LogP contribution in [0, 0.1) is 0 Å². The molecule has 1 N–H and O–H groups in total. The van der Waals surface area contributed by atoms with E-state index in [4.69, 9.17) is 9.41 Å². The monoisotopic (exact) mass is 743 g/mol. The summed E-state index contributed by atoms with van der Waals surface area (Å²) in [5.41, 5.74) is 12.4. The molecule has 11 rings (SSSR count). The highest BCUT2D eigenvalue weighted by Gasteiger charge is 2.24. The number of anilines is 3. The minimum atomic E-state index is -0.245. The molecule has 58 heavy (non-hydrogen) atoms. The van der Waals surface area contributed by atoms with Crippen molar-refractivity contribution >= 4 is 72.0 Å². The van der Waals surface area contributed by atoms with Crippen LogP contribution in [0.2, 0.25) is 0 Å². The van der Waals surface area contributed by atoms with Crippen molar-refractivity contribution in [3.63, 3.8) is 0 Å². The molecule has 10 aromatic rings. The lowest BCUT2D eigenvalue weighted by Crippen LogP contribution is -2.24. The Morgan fingerprint density at radius 1 is 0.448 bits per heavy atom. The van der Waals surface area contributed by atoms with Crippen LogP contribution in [0.4, 0.5) is 17.1 Å². The van der Waals surface area contributed by atoms with Crippen LogP contribution in [-0.2, 0) is 0 Å². The van der Waals surface area contributed by atoms with Crippen LogP contribution in [0.1, 0.15) is 22.9 Å². The number of rotatable bonds is 7. The molecular weight excluding hydrogens is 707 g/mol. The van der Waals surface area contributed by atoms with E-state index in [1.165, 1.54) is 10.8 Å². The summed E-state index contributed by atoms with van der Waals surface area (Å²) in [6.07, 6.45) is 1.93. The second-order valence-corrected chi connectivity index (χ2v) is 14.8. The van der Waals surface area contributed by atoms with Crippen molar-refractivity contribution in [1.29, 1.82) is 0 Å². The minimum Gasteiger partial charge on any atom is -0.456 e. The molecule has 0 bridgehead atoms. The smallest absolute Gasteiger partial charge is 0.145 e. The van der Waals surface area contributed by atoms with E-state index in [2.05, 4.69) is 216 Å². The van der Waals surface area contributed by atoms with E-state index in [0.29, 0.717) is 0 Å². The maximum Gasteiger partial charge on any atom is 0.145 e. The van der Waals surface area contributed by atoms with Gasteiger partial charge in [0.1, 0.15) is 17.3 Å². The molecule has 1 aliphatic heterocycles. The molecule has 2 heterocycles. The highest BCUT2D eigenvalue weighted by molar-refractivity contribution is 6.29. The van der Waals surface area contributed by atoms with Gasteiger partial charge in [0.15, 0.2) is 0 Å². The number of furan rings is 1. The van der Waals surface area contributed by atoms with Gasteiger partial charge in [0.05, 0.1) is 5.71 Å². The van der Waals surface area contributed by atoms with Gasteiger partial charge in [-0.1, -0.05) is 158 Å². The van der Waals surface area contributed by atoms with Crippen molar-refractivity contribution in [3.8, 4) is 11.1 Å². The topological polar surface area (TPSA) is 40.8 Å². The molecule has 0 saturated carbocycles. The molecule has 1 atom stereocenters. The Morgan fingerprint density at radius 3 is 1.93 bits per heavy atom. The molecule has 1 aromatic heterocycles. The van der Waals surface area contributed by atoms with Gasteiger partial charge in [-0.3, -0.25) is 4.99 Å². The van der Waals surface area contributed by atoms with Crippen LogP contribution in [0.5, 0.6) is 0 Å². The Kier molecular flexibility index (Phi) is 8.18. The van der Waals surface area contributed by atoms with Crippen LogP contribution < -0.4 is 10.2 Å². The fraction of sp³-hybridized carbons (Fsp3) is 0.0185. The van der Waals surface area contributed by atoms with Gasteiger partial charge < -0.3 is 14.6 Å². The third-order valence-electron chi connectivity index (χ3n) is 11.2. The molecule has 4 heteroatoms. The van der Waals surface area contributed by atoms with Gasteiger partial charge >= 0.3 is 0 Å². The maximum absolute atomic E-state index is 6.83. The van der Waals surface area contributed by atoms with Gasteiger partial charge in [0, 0.05) is 39.1 Å². The third-order valence-corrected chi connectivity index (χ3v) is 11.2. The Morgan fingerprint density at radius 2 is 1.10 bits per heavy atom. The molecule has 4 nitrogen and oxygen atoms in total. The number of fused-ring (bicyclic) bond motifs is 6. The highest BCUT2D eigenvalue weighted by atomic mass is 16.3. The van der Waals surface area contributed by atoms with Gasteiger partial charge in [0.2, 0.25) is 0 Å². The molecule has 0 amide bonds. The lowest BCUT2D eigenvalue weighted by Gasteiger charge is -2.26. The minimum absolute atomic E-state index is 0.245. The predicted octanol–water partition coefficient (Wildman–Crippen LogP) is 14.2. The standard InChI is InChI=1S/C54H37N3O/c1-4-17-37(18-5-1)48-35-49(56-54(55-48)38-19-6-2-7-20-38)46-28-15-29-50-53(46)52-45-27-13-12-26-44(45)47(34-51(52)58-50)40-22-14-25-42(33-40)57(41-23-8-3-9-24-41)43-31-30-36-16-10-11-21-39(36)32-43/h1-35,54-55H. The van der Waals surface area contributed by atoms with Crippen LogP contribution in [0.25, 0.3) is 60.3 Å². The molecular formula is C54H37N3O. The zero-order valence-corrected chi connectivity index (χ0v) is 31.6. The summed E-state index contributed by atoms with van der Waals surface area (Å²) in [7, 11) is 0. The Labute approximate surface area is 336 Å². The lowest BCUT2D eigenvalue weighted by molar-refractivity contribution is 0.663. The van der Waals surface area contributed by atoms with Crippen LogP contribution in [0.3, 0.4) is 0 Å². The lowest BCUT2D eigenvalue weighted by atomic mass is 9.92. The van der Waals surface area contributed by atoms with E-state index >= 15 is 0 Å². The van der Waals surface area contributed by atoms with E-state index in [1.807, 2.05) is 6.07 Å². The number of nitrogens with one attached hydrogen (secondary N) is 1. The summed E-state index contributed by atoms with van der Waals surface area (Å²) in [5.74, 6) is 0. The van der Waals surface area contributed by atoms with Crippen LogP contribution >= 0.6 is 0 Å². The van der Waals surface area contributed by atoms with Crippen molar-refractivity contribution in [2.24, 2.45) is 4.99 Å². The van der Waals surface area contributed by atoms with E-state index < -0.39 is 0 Å². The summed E-state index contributed by atoms with van der Waals surface area (Å²) in [5, 5.41) is 10.6. The molecule has 9 aromatic carbocycles. The van der Waals surface area contributed by atoms with Gasteiger partial charge in [-0.2, -0.15) is 0 Å². The predicted molar refractivity (Wildman–Crippen MR) is 242 cm³/mol. The van der Waals surface area contributed by atoms with Gasteiger partial charge in [-0.05, 0) is 98.4 Å². The Balaban J connectivity index is 1.08. The normalized spacial score (nSPS) is 14.0. The fourth-order valence-electron chi connectivity index (χ4n) is 8.54. The summed E-state index contributed by atoms with van der Waals surface area (Å²) in [6, 6.07) is 72.9. The number of nitrogens with zero attached hydrogens (tertiary/aromatic N) is 2. The summed E-state index contributed by atoms with van der Waals surface area (Å²) >= 11 is 0. The van der Waals surface area contributed by atoms with Crippen molar-refractivity contribution < 1.29 is 4.42 Å². The molecule has 1 aliphatic rings. The maximum atomic E-state index is 6.83. The quantitative estimate of drug-likeness (QED) is 0.177. The van der Waals surface area contributed by atoms with E-state index in [1.54, 1.807) is 0 Å². The highest BCUT2D eigenvalue weighted by Crippen LogP contribution is 2.44. The second-order valence-electron chi connectivity index (χ2n) is 14.8. The zero-order chi connectivity index (χ0) is 38.4. The number of para-hydroxylation sites is 1. The number of benzene rings is 9. The van der Waals surface area contributed by atoms with Gasteiger partial charge in [0.25, 0.3) is 0 Å². The van der Waals surface area contributed by atoms with Crippen LogP contribution in [-0.4, -0.2) is 5.71 Å². The summed E-state index contributed by atoms with van der Waals surface area (Å²) in [4.78, 5) is 7.69. The number of hydrogen-bond acceptors (Lipinski definition) is 4. The molecule has 0 fully saturated rings. The van der Waals surface area contributed by atoms with E-state index in [9.17, 15) is 0 Å². The average Bonchev–Trinajstić information content (AvgIpc) is 3.69. The number of allylic oxidation sites excluding steroid dienone is 1. The molecule has 0 radical (unpaired) electrons. The second kappa shape index (κ2) is 14.1. The fourth-order valence-corrected chi connectivity index (χ4v) is 8.54. The number of hydrogen-bond donors (Lipinski definition) is 1.